The number of hydrogen-bond donors (Lipinski definition) is 2. The minimum absolute atomic E-state index is 0.209. The fourth-order valence-corrected chi connectivity index (χ4v) is 3.78. The second-order valence-corrected chi connectivity index (χ2v) is 8.70. The van der Waals surface area contributed by atoms with Crippen LogP contribution in [-0.2, 0) is 17.9 Å². The molecule has 32 heavy (non-hydrogen) atoms. The summed E-state index contributed by atoms with van der Waals surface area (Å²) in [6.45, 7) is 8.50. The van der Waals surface area contributed by atoms with Crippen LogP contribution in [0.15, 0.2) is 77.5 Å². The minimum atomic E-state index is -0.410. The molecule has 0 aliphatic rings. The Bertz CT molecular complexity index is 1080. The SMILES string of the molecule is C=CCn1c(CNc2ccc(Cl)cc2)nnc1SC(C)C(=O)NN=C(C)c1ccccc1. The van der Waals surface area contributed by atoms with Gasteiger partial charge >= 0.3 is 0 Å². The second-order valence-electron chi connectivity index (χ2n) is 6.96. The number of rotatable bonds is 10. The summed E-state index contributed by atoms with van der Waals surface area (Å²) < 4.78 is 1.93. The molecular formula is C23H25ClN6OS. The topological polar surface area (TPSA) is 84.2 Å². The number of hydrazone groups is 1. The van der Waals surface area contributed by atoms with Crippen LogP contribution in [0.3, 0.4) is 0 Å². The maximum Gasteiger partial charge on any atom is 0.253 e. The van der Waals surface area contributed by atoms with Crippen molar-refractivity contribution in [2.45, 2.75) is 37.3 Å². The molecule has 0 aliphatic heterocycles. The van der Waals surface area contributed by atoms with E-state index in [-0.39, 0.29) is 5.91 Å². The first-order chi connectivity index (χ1) is 15.5. The van der Waals surface area contributed by atoms with Crippen molar-refractivity contribution in [3.63, 3.8) is 0 Å². The Morgan fingerprint density at radius 1 is 1.22 bits per heavy atom. The lowest BCUT2D eigenvalue weighted by molar-refractivity contribution is -0.120. The molecule has 0 bridgehead atoms. The molecule has 1 heterocycles. The summed E-state index contributed by atoms with van der Waals surface area (Å²) in [7, 11) is 0. The van der Waals surface area contributed by atoms with E-state index in [9.17, 15) is 4.79 Å². The average molecular weight is 469 g/mol. The highest BCUT2D eigenvalue weighted by molar-refractivity contribution is 8.00. The van der Waals surface area contributed by atoms with Crippen LogP contribution in [0.1, 0.15) is 25.2 Å². The van der Waals surface area contributed by atoms with E-state index in [4.69, 9.17) is 11.6 Å². The highest BCUT2D eigenvalue weighted by atomic mass is 35.5. The van der Waals surface area contributed by atoms with Crippen LogP contribution < -0.4 is 10.7 Å². The lowest BCUT2D eigenvalue weighted by atomic mass is 10.1. The first kappa shape index (κ1) is 23.6. The van der Waals surface area contributed by atoms with Gasteiger partial charge in [0, 0.05) is 17.3 Å². The molecule has 1 atom stereocenters. The second kappa shape index (κ2) is 11.5. The number of aromatic nitrogens is 3. The number of thioether (sulfide) groups is 1. The van der Waals surface area contributed by atoms with E-state index in [0.717, 1.165) is 22.8 Å². The Labute approximate surface area is 197 Å². The predicted octanol–water partition coefficient (Wildman–Crippen LogP) is 4.75. The van der Waals surface area contributed by atoms with E-state index in [1.807, 2.05) is 73.0 Å². The van der Waals surface area contributed by atoms with Gasteiger partial charge < -0.3 is 9.88 Å². The average Bonchev–Trinajstić information content (AvgIpc) is 3.18. The van der Waals surface area contributed by atoms with Crippen LogP contribution in [0.4, 0.5) is 5.69 Å². The molecule has 1 amide bonds. The van der Waals surface area contributed by atoms with E-state index < -0.39 is 5.25 Å². The highest BCUT2D eigenvalue weighted by Crippen LogP contribution is 2.23. The van der Waals surface area contributed by atoms with Gasteiger partial charge in [-0.05, 0) is 43.7 Å². The molecule has 2 N–H and O–H groups in total. The summed E-state index contributed by atoms with van der Waals surface area (Å²) in [6, 6.07) is 17.1. The number of halogens is 1. The number of carbonyl (C=O) groups excluding carboxylic acids is 1. The molecule has 3 rings (SSSR count). The molecule has 0 radical (unpaired) electrons. The number of anilines is 1. The Balaban J connectivity index is 1.63. The van der Waals surface area contributed by atoms with Gasteiger partial charge in [-0.2, -0.15) is 5.10 Å². The molecule has 7 nitrogen and oxygen atoms in total. The summed E-state index contributed by atoms with van der Waals surface area (Å²) in [5.74, 6) is 0.534. The fraction of sp³-hybridized carbons (Fsp3) is 0.217. The predicted molar refractivity (Wildman–Crippen MR) is 131 cm³/mol. The quantitative estimate of drug-likeness (QED) is 0.194. The molecular weight excluding hydrogens is 444 g/mol. The molecule has 2 aromatic carbocycles. The first-order valence-corrected chi connectivity index (χ1v) is 11.3. The number of allylic oxidation sites excluding steroid dienone is 1. The third-order valence-corrected chi connectivity index (χ3v) is 5.91. The van der Waals surface area contributed by atoms with Crippen molar-refractivity contribution in [2.75, 3.05) is 5.32 Å². The summed E-state index contributed by atoms with van der Waals surface area (Å²) in [4.78, 5) is 12.6. The maximum atomic E-state index is 12.6. The minimum Gasteiger partial charge on any atom is -0.378 e. The van der Waals surface area contributed by atoms with Crippen molar-refractivity contribution >= 4 is 40.7 Å². The van der Waals surface area contributed by atoms with Crippen LogP contribution in [0.5, 0.6) is 0 Å². The highest BCUT2D eigenvalue weighted by Gasteiger charge is 2.20. The standard InChI is InChI=1S/C23H25ClN6OS/c1-4-14-30-21(15-25-20-12-10-19(24)11-13-20)27-29-23(30)32-17(3)22(31)28-26-16(2)18-8-6-5-7-9-18/h4-13,17,25H,1,14-15H2,2-3H3,(H,28,31). The molecule has 3 aromatic rings. The van der Waals surface area contributed by atoms with Crippen molar-refractivity contribution in [1.29, 1.82) is 0 Å². The monoisotopic (exact) mass is 468 g/mol. The normalized spacial score (nSPS) is 12.3. The van der Waals surface area contributed by atoms with Gasteiger partial charge in [0.05, 0.1) is 17.5 Å². The molecule has 166 valence electrons. The first-order valence-electron chi connectivity index (χ1n) is 10.1. The van der Waals surface area contributed by atoms with Gasteiger partial charge in [-0.15, -0.1) is 16.8 Å². The van der Waals surface area contributed by atoms with Gasteiger partial charge in [-0.3, -0.25) is 4.79 Å². The third kappa shape index (κ3) is 6.45. The van der Waals surface area contributed by atoms with Gasteiger partial charge in [-0.25, -0.2) is 5.43 Å². The molecule has 0 fully saturated rings. The van der Waals surface area contributed by atoms with Gasteiger partial charge in [0.1, 0.15) is 0 Å². The van der Waals surface area contributed by atoms with Crippen LogP contribution in [0.2, 0.25) is 5.02 Å². The van der Waals surface area contributed by atoms with Gasteiger partial charge in [0.15, 0.2) is 11.0 Å². The zero-order chi connectivity index (χ0) is 22.9. The van der Waals surface area contributed by atoms with Crippen molar-refractivity contribution in [1.82, 2.24) is 20.2 Å². The van der Waals surface area contributed by atoms with Gasteiger partial charge in [0.2, 0.25) is 0 Å². The van der Waals surface area contributed by atoms with E-state index in [2.05, 4.69) is 32.6 Å². The molecule has 0 aliphatic carbocycles. The number of nitrogens with zero attached hydrogens (tertiary/aromatic N) is 4. The molecule has 1 unspecified atom stereocenters. The number of nitrogens with one attached hydrogen (secondary N) is 2. The summed E-state index contributed by atoms with van der Waals surface area (Å²) in [6.07, 6.45) is 1.78. The third-order valence-electron chi connectivity index (χ3n) is 4.58. The zero-order valence-corrected chi connectivity index (χ0v) is 19.5. The maximum absolute atomic E-state index is 12.6. The van der Waals surface area contributed by atoms with Gasteiger partial charge in [0.25, 0.3) is 5.91 Å². The summed E-state index contributed by atoms with van der Waals surface area (Å²) in [5, 5.41) is 17.0. The summed E-state index contributed by atoms with van der Waals surface area (Å²) in [5.41, 5.74) is 5.26. The lowest BCUT2D eigenvalue weighted by Gasteiger charge is -2.12. The van der Waals surface area contributed by atoms with Crippen LogP contribution in [-0.4, -0.2) is 31.6 Å². The lowest BCUT2D eigenvalue weighted by Crippen LogP contribution is -2.28. The smallest absolute Gasteiger partial charge is 0.253 e. The van der Waals surface area contributed by atoms with E-state index >= 15 is 0 Å². The van der Waals surface area contributed by atoms with Crippen molar-refractivity contribution < 1.29 is 4.79 Å². The van der Waals surface area contributed by atoms with E-state index in [1.165, 1.54) is 11.8 Å². The number of benzene rings is 2. The zero-order valence-electron chi connectivity index (χ0n) is 18.0. The Hall–Kier alpha value is -3.10. The van der Waals surface area contributed by atoms with Crippen LogP contribution >= 0.6 is 23.4 Å². The molecule has 0 saturated heterocycles. The van der Waals surface area contributed by atoms with Gasteiger partial charge in [-0.1, -0.05) is 59.8 Å². The van der Waals surface area contributed by atoms with Crippen molar-refractivity contribution in [3.05, 3.63) is 83.7 Å². The molecule has 1 aromatic heterocycles. The number of hydrogen-bond acceptors (Lipinski definition) is 6. The Kier molecular flexibility index (Phi) is 8.47. The molecule has 9 heteroatoms. The summed E-state index contributed by atoms with van der Waals surface area (Å²) >= 11 is 7.26. The van der Waals surface area contributed by atoms with E-state index in [0.29, 0.717) is 23.3 Å². The van der Waals surface area contributed by atoms with Crippen molar-refractivity contribution in [3.8, 4) is 0 Å². The van der Waals surface area contributed by atoms with Crippen LogP contribution in [0.25, 0.3) is 0 Å². The Morgan fingerprint density at radius 2 is 1.94 bits per heavy atom. The molecule has 0 spiro atoms. The largest absolute Gasteiger partial charge is 0.378 e. The Morgan fingerprint density at radius 3 is 2.62 bits per heavy atom. The number of carbonyl (C=O) groups is 1. The fourth-order valence-electron chi connectivity index (χ4n) is 2.78. The van der Waals surface area contributed by atoms with Crippen molar-refractivity contribution in [2.24, 2.45) is 5.10 Å². The molecule has 0 saturated carbocycles. The van der Waals surface area contributed by atoms with E-state index in [1.54, 1.807) is 6.08 Å². The number of amides is 1. The van der Waals surface area contributed by atoms with Crippen LogP contribution in [0, 0.1) is 0 Å².